The van der Waals surface area contributed by atoms with Crippen LogP contribution < -0.4 is 5.54 Å². The fourth-order valence-corrected chi connectivity index (χ4v) is 0.903. The van der Waals surface area contributed by atoms with Gasteiger partial charge in [0.05, 0.1) is 6.04 Å². The summed E-state index contributed by atoms with van der Waals surface area (Å²) in [7, 11) is 0. The molecule has 0 aromatic rings. The average Bonchev–Trinajstić information content (AvgIpc) is 1.90. The van der Waals surface area contributed by atoms with Crippen LogP contribution in [-0.2, 0) is 0 Å². The quantitative estimate of drug-likeness (QED) is 0.404. The number of rotatable bonds is 1. The Morgan fingerprint density at radius 3 is 2.88 bits per heavy atom. The maximum Gasteiger partial charge on any atom is 0.0551 e. The van der Waals surface area contributed by atoms with Gasteiger partial charge in [-0.1, -0.05) is 12.2 Å². The van der Waals surface area contributed by atoms with Crippen molar-refractivity contribution in [1.82, 2.24) is 5.54 Å². The molecule has 0 spiro atoms. The Balaban J connectivity index is 2.32. The largest absolute Gasteiger partial charge is 0.152 e. The van der Waals surface area contributed by atoms with Crippen molar-refractivity contribution in [2.24, 2.45) is 0 Å². The fraction of sp³-hybridized carbons (Fsp3) is 0.667. The van der Waals surface area contributed by atoms with Crippen molar-refractivity contribution < 1.29 is 4.48 Å². The summed E-state index contributed by atoms with van der Waals surface area (Å²) in [5, 5.41) is 0. The number of allylic oxidation sites excluding steroid dienone is 1. The Hall–Kier alpha value is -0.370. The standard InChI is InChI=1S/C6H10FN/c7-8-6-4-2-1-3-5-6/h2,4,6,8H,1,3,5H2. The number of halogens is 1. The molecule has 1 nitrogen and oxygen atoms in total. The van der Waals surface area contributed by atoms with Crippen molar-refractivity contribution >= 4 is 0 Å². The molecule has 0 radical (unpaired) electrons. The molecule has 0 aromatic carbocycles. The molecule has 1 rings (SSSR count). The van der Waals surface area contributed by atoms with E-state index < -0.39 is 0 Å². The Kier molecular flexibility index (Phi) is 2.03. The molecule has 0 bridgehead atoms. The average molecular weight is 115 g/mol. The molecule has 8 heavy (non-hydrogen) atoms. The third-order valence-electron chi connectivity index (χ3n) is 1.39. The van der Waals surface area contributed by atoms with E-state index in [1.54, 1.807) is 5.54 Å². The first-order valence-electron chi connectivity index (χ1n) is 2.96. The first kappa shape index (κ1) is 5.76. The third-order valence-corrected chi connectivity index (χ3v) is 1.39. The molecule has 1 aliphatic carbocycles. The summed E-state index contributed by atoms with van der Waals surface area (Å²) < 4.78 is 11.6. The maximum absolute atomic E-state index is 11.6. The van der Waals surface area contributed by atoms with Crippen LogP contribution in [0.5, 0.6) is 0 Å². The molecule has 1 atom stereocenters. The molecule has 0 fully saturated rings. The zero-order valence-electron chi connectivity index (χ0n) is 4.73. The molecular formula is C6H10FN. The van der Waals surface area contributed by atoms with Crippen LogP contribution in [0.3, 0.4) is 0 Å². The summed E-state index contributed by atoms with van der Waals surface area (Å²) in [4.78, 5) is 0. The summed E-state index contributed by atoms with van der Waals surface area (Å²) in [6.07, 6.45) is 7.05. The molecule has 1 unspecified atom stereocenters. The molecule has 0 aliphatic heterocycles. The van der Waals surface area contributed by atoms with Crippen LogP contribution in [0.25, 0.3) is 0 Å². The van der Waals surface area contributed by atoms with E-state index in [9.17, 15) is 4.48 Å². The zero-order valence-corrected chi connectivity index (χ0v) is 4.73. The van der Waals surface area contributed by atoms with E-state index in [-0.39, 0.29) is 6.04 Å². The molecule has 46 valence electrons. The van der Waals surface area contributed by atoms with Crippen molar-refractivity contribution in [3.8, 4) is 0 Å². The molecule has 0 heterocycles. The van der Waals surface area contributed by atoms with Crippen LogP contribution >= 0.6 is 0 Å². The summed E-state index contributed by atoms with van der Waals surface area (Å²) in [5.74, 6) is 0. The topological polar surface area (TPSA) is 12.0 Å². The van der Waals surface area contributed by atoms with E-state index >= 15 is 0 Å². The van der Waals surface area contributed by atoms with Crippen LogP contribution in [0.15, 0.2) is 12.2 Å². The molecule has 0 saturated heterocycles. The zero-order chi connectivity index (χ0) is 5.82. The minimum absolute atomic E-state index is 0.0104. The monoisotopic (exact) mass is 115 g/mol. The van der Waals surface area contributed by atoms with Crippen molar-refractivity contribution in [2.45, 2.75) is 25.3 Å². The number of nitrogens with one attached hydrogen (secondary N) is 1. The molecule has 0 aromatic heterocycles. The van der Waals surface area contributed by atoms with E-state index in [1.807, 2.05) is 12.2 Å². The van der Waals surface area contributed by atoms with Gasteiger partial charge >= 0.3 is 0 Å². The van der Waals surface area contributed by atoms with E-state index in [2.05, 4.69) is 0 Å². The highest BCUT2D eigenvalue weighted by Gasteiger charge is 2.04. The summed E-state index contributed by atoms with van der Waals surface area (Å²) in [6.45, 7) is 0. The maximum atomic E-state index is 11.6. The van der Waals surface area contributed by atoms with Crippen LogP contribution in [0.4, 0.5) is 4.48 Å². The number of hydrogen-bond acceptors (Lipinski definition) is 1. The summed E-state index contributed by atoms with van der Waals surface area (Å²) in [6, 6.07) is -0.0104. The van der Waals surface area contributed by atoms with Crippen LogP contribution in [0.1, 0.15) is 19.3 Å². The minimum atomic E-state index is -0.0104. The van der Waals surface area contributed by atoms with Gasteiger partial charge in [0.2, 0.25) is 0 Å². The molecule has 2 heteroatoms. The summed E-state index contributed by atoms with van der Waals surface area (Å²) in [5.41, 5.74) is 1.72. The Morgan fingerprint density at radius 2 is 2.50 bits per heavy atom. The van der Waals surface area contributed by atoms with E-state index in [0.717, 1.165) is 19.3 Å². The third kappa shape index (κ3) is 1.30. The van der Waals surface area contributed by atoms with Crippen molar-refractivity contribution in [1.29, 1.82) is 0 Å². The lowest BCUT2D eigenvalue weighted by Crippen LogP contribution is -2.20. The van der Waals surface area contributed by atoms with Crippen molar-refractivity contribution in [2.75, 3.05) is 0 Å². The smallest absolute Gasteiger partial charge is 0.0551 e. The molecule has 1 N–H and O–H groups in total. The van der Waals surface area contributed by atoms with E-state index in [0.29, 0.717) is 0 Å². The second-order valence-corrected chi connectivity index (χ2v) is 2.07. The second-order valence-electron chi connectivity index (χ2n) is 2.07. The lowest BCUT2D eigenvalue weighted by Gasteiger charge is -2.11. The lowest BCUT2D eigenvalue weighted by molar-refractivity contribution is 0.284. The SMILES string of the molecule is FNC1C=CCCC1. The highest BCUT2D eigenvalue weighted by Crippen LogP contribution is 2.09. The highest BCUT2D eigenvalue weighted by atomic mass is 19.2. The van der Waals surface area contributed by atoms with Gasteiger partial charge in [0.15, 0.2) is 0 Å². The predicted octanol–water partition coefficient (Wildman–Crippen LogP) is 1.57. The molecule has 0 amide bonds. The van der Waals surface area contributed by atoms with Gasteiger partial charge < -0.3 is 0 Å². The highest BCUT2D eigenvalue weighted by molar-refractivity contribution is 4.95. The van der Waals surface area contributed by atoms with Gasteiger partial charge in [-0.05, 0) is 19.3 Å². The van der Waals surface area contributed by atoms with Gasteiger partial charge in [0, 0.05) is 0 Å². The first-order chi connectivity index (χ1) is 3.93. The molecule has 0 saturated carbocycles. The van der Waals surface area contributed by atoms with Gasteiger partial charge in [0.1, 0.15) is 0 Å². The first-order valence-corrected chi connectivity index (χ1v) is 2.96. The predicted molar refractivity (Wildman–Crippen MR) is 31.0 cm³/mol. The van der Waals surface area contributed by atoms with Gasteiger partial charge in [-0.3, -0.25) is 0 Å². The number of hydrogen-bond donors (Lipinski definition) is 1. The Bertz CT molecular complexity index is 90.5. The normalized spacial score (nSPS) is 28.4. The molecule has 1 aliphatic rings. The Morgan fingerprint density at radius 1 is 1.62 bits per heavy atom. The van der Waals surface area contributed by atoms with Crippen molar-refractivity contribution in [3.05, 3.63) is 12.2 Å². The lowest BCUT2D eigenvalue weighted by atomic mass is 10.0. The van der Waals surface area contributed by atoms with Gasteiger partial charge in [-0.2, -0.15) is 5.54 Å². The van der Waals surface area contributed by atoms with Gasteiger partial charge in [-0.25, -0.2) is 0 Å². The van der Waals surface area contributed by atoms with Crippen LogP contribution in [-0.4, -0.2) is 6.04 Å². The van der Waals surface area contributed by atoms with E-state index in [4.69, 9.17) is 0 Å². The van der Waals surface area contributed by atoms with E-state index in [1.165, 1.54) is 0 Å². The van der Waals surface area contributed by atoms with Crippen LogP contribution in [0, 0.1) is 0 Å². The summed E-state index contributed by atoms with van der Waals surface area (Å²) >= 11 is 0. The van der Waals surface area contributed by atoms with Gasteiger partial charge in [-0.15, -0.1) is 4.48 Å². The fourth-order valence-electron chi connectivity index (χ4n) is 0.903. The Labute approximate surface area is 48.5 Å². The molecular weight excluding hydrogens is 105 g/mol. The second kappa shape index (κ2) is 2.82. The minimum Gasteiger partial charge on any atom is -0.152 e. The van der Waals surface area contributed by atoms with Crippen molar-refractivity contribution in [3.63, 3.8) is 0 Å². The van der Waals surface area contributed by atoms with Gasteiger partial charge in [0.25, 0.3) is 0 Å². The van der Waals surface area contributed by atoms with Crippen LogP contribution in [0.2, 0.25) is 0 Å².